The van der Waals surface area contributed by atoms with Gasteiger partial charge in [-0.1, -0.05) is 17.7 Å². The number of fused-ring (bicyclic) bond motifs is 1. The van der Waals surface area contributed by atoms with Crippen molar-refractivity contribution in [3.63, 3.8) is 0 Å². The second-order valence-electron chi connectivity index (χ2n) is 6.61. The van der Waals surface area contributed by atoms with Gasteiger partial charge >= 0.3 is 0 Å². The predicted molar refractivity (Wildman–Crippen MR) is 114 cm³/mol. The second kappa shape index (κ2) is 9.54. The molecule has 1 aromatic heterocycles. The van der Waals surface area contributed by atoms with Gasteiger partial charge in [0, 0.05) is 29.1 Å². The molecule has 0 aliphatic carbocycles. The Hall–Kier alpha value is -3.19. The van der Waals surface area contributed by atoms with Crippen molar-refractivity contribution >= 4 is 34.4 Å². The summed E-state index contributed by atoms with van der Waals surface area (Å²) in [4.78, 5) is 24.2. The van der Waals surface area contributed by atoms with Crippen LogP contribution in [0.2, 0.25) is 5.02 Å². The van der Waals surface area contributed by atoms with Crippen LogP contribution < -0.4 is 20.1 Å². The molecular weight excluding hydrogens is 408 g/mol. The van der Waals surface area contributed by atoms with Gasteiger partial charge in [-0.3, -0.25) is 9.59 Å². The highest BCUT2D eigenvalue weighted by atomic mass is 35.5. The number of aryl methyl sites for hydroxylation is 1. The molecule has 2 amide bonds. The van der Waals surface area contributed by atoms with Crippen molar-refractivity contribution in [1.82, 2.24) is 10.6 Å². The van der Waals surface area contributed by atoms with E-state index in [1.54, 1.807) is 36.4 Å². The second-order valence-corrected chi connectivity index (χ2v) is 7.04. The molecule has 0 aliphatic heterocycles. The molecule has 0 bridgehead atoms. The Balaban J connectivity index is 1.67. The molecule has 8 heteroatoms. The summed E-state index contributed by atoms with van der Waals surface area (Å²) in [5.41, 5.74) is 2.15. The molecule has 158 valence electrons. The lowest BCUT2D eigenvalue weighted by Crippen LogP contribution is -2.28. The average molecular weight is 431 g/mol. The smallest absolute Gasteiger partial charge is 0.287 e. The summed E-state index contributed by atoms with van der Waals surface area (Å²) < 4.78 is 16.5. The van der Waals surface area contributed by atoms with Crippen LogP contribution in [0.15, 0.2) is 40.8 Å². The van der Waals surface area contributed by atoms with Crippen LogP contribution in [0.3, 0.4) is 0 Å². The number of nitrogens with one attached hydrogen (secondary N) is 2. The Bertz CT molecular complexity index is 1080. The van der Waals surface area contributed by atoms with Gasteiger partial charge in [-0.05, 0) is 49.7 Å². The summed E-state index contributed by atoms with van der Waals surface area (Å²) in [6.45, 7) is 4.36. The molecule has 0 saturated carbocycles. The van der Waals surface area contributed by atoms with Gasteiger partial charge < -0.3 is 24.5 Å². The Kier molecular flexibility index (Phi) is 6.84. The maximum absolute atomic E-state index is 12.6. The average Bonchev–Trinajstić information content (AvgIpc) is 3.07. The van der Waals surface area contributed by atoms with Gasteiger partial charge in [0.05, 0.1) is 7.11 Å². The summed E-state index contributed by atoms with van der Waals surface area (Å²) in [5, 5.41) is 6.90. The van der Waals surface area contributed by atoms with Crippen molar-refractivity contribution in [3.8, 4) is 11.5 Å². The van der Waals surface area contributed by atoms with Crippen molar-refractivity contribution in [2.75, 3.05) is 20.3 Å². The highest BCUT2D eigenvalue weighted by Crippen LogP contribution is 2.29. The fourth-order valence-electron chi connectivity index (χ4n) is 3.01. The van der Waals surface area contributed by atoms with Crippen LogP contribution in [0.5, 0.6) is 11.5 Å². The predicted octanol–water partition coefficient (Wildman–Crippen LogP) is 3.85. The van der Waals surface area contributed by atoms with Crippen molar-refractivity contribution < 1.29 is 23.5 Å². The fourth-order valence-corrected chi connectivity index (χ4v) is 3.18. The van der Waals surface area contributed by atoms with E-state index in [0.29, 0.717) is 28.6 Å². The van der Waals surface area contributed by atoms with Crippen LogP contribution in [0.25, 0.3) is 11.0 Å². The van der Waals surface area contributed by atoms with Gasteiger partial charge in [0.15, 0.2) is 23.9 Å². The van der Waals surface area contributed by atoms with Crippen LogP contribution in [0, 0.1) is 6.92 Å². The monoisotopic (exact) mass is 430 g/mol. The van der Waals surface area contributed by atoms with Gasteiger partial charge in [0.1, 0.15) is 5.58 Å². The first-order chi connectivity index (χ1) is 14.4. The summed E-state index contributed by atoms with van der Waals surface area (Å²) in [5.74, 6) is 0.638. The highest BCUT2D eigenvalue weighted by Gasteiger charge is 2.18. The zero-order valence-corrected chi connectivity index (χ0v) is 17.8. The van der Waals surface area contributed by atoms with Crippen molar-refractivity contribution in [2.45, 2.75) is 20.4 Å². The van der Waals surface area contributed by atoms with Crippen molar-refractivity contribution in [3.05, 3.63) is 58.3 Å². The molecule has 3 rings (SSSR count). The quantitative estimate of drug-likeness (QED) is 0.566. The Morgan fingerprint density at radius 3 is 2.63 bits per heavy atom. The zero-order chi connectivity index (χ0) is 21.7. The molecular formula is C22H23ClN2O5. The number of hydrogen-bond donors (Lipinski definition) is 2. The number of amides is 2. The van der Waals surface area contributed by atoms with E-state index >= 15 is 0 Å². The maximum Gasteiger partial charge on any atom is 0.287 e. The Labute approximate surface area is 179 Å². The Morgan fingerprint density at radius 1 is 1.10 bits per heavy atom. The van der Waals surface area contributed by atoms with Crippen LogP contribution >= 0.6 is 11.6 Å². The number of benzene rings is 2. The molecule has 1 heterocycles. The standard InChI is InChI=1S/C22H23ClN2O5/c1-4-24-20(26)12-29-18-7-5-14(9-19(18)28-3)11-25-22(27)21-13(2)16-10-15(23)6-8-17(16)30-21/h5-10H,4,11-12H2,1-3H3,(H,24,26)(H,25,27). The van der Waals surface area contributed by atoms with Crippen LogP contribution in [-0.2, 0) is 11.3 Å². The summed E-state index contributed by atoms with van der Waals surface area (Å²) >= 11 is 6.03. The minimum absolute atomic E-state index is 0.102. The third-order valence-electron chi connectivity index (χ3n) is 4.52. The zero-order valence-electron chi connectivity index (χ0n) is 17.0. The molecule has 0 saturated heterocycles. The lowest BCUT2D eigenvalue weighted by Gasteiger charge is -2.12. The first kappa shape index (κ1) is 21.5. The number of halogens is 1. The molecule has 3 aromatic rings. The highest BCUT2D eigenvalue weighted by molar-refractivity contribution is 6.31. The normalized spacial score (nSPS) is 10.7. The van der Waals surface area contributed by atoms with E-state index in [1.165, 1.54) is 7.11 Å². The molecule has 0 unspecified atom stereocenters. The SMILES string of the molecule is CCNC(=O)COc1ccc(CNC(=O)c2oc3ccc(Cl)cc3c2C)cc1OC. The lowest BCUT2D eigenvalue weighted by molar-refractivity contribution is -0.123. The van der Waals surface area contributed by atoms with E-state index in [2.05, 4.69) is 10.6 Å². The summed E-state index contributed by atoms with van der Waals surface area (Å²) in [6.07, 6.45) is 0. The number of hydrogen-bond acceptors (Lipinski definition) is 5. The third-order valence-corrected chi connectivity index (χ3v) is 4.75. The molecule has 0 radical (unpaired) electrons. The van der Waals surface area contributed by atoms with Gasteiger partial charge in [0.25, 0.3) is 11.8 Å². The molecule has 0 spiro atoms. The van der Waals surface area contributed by atoms with Crippen LogP contribution in [-0.4, -0.2) is 32.1 Å². The van der Waals surface area contributed by atoms with E-state index in [-0.39, 0.29) is 30.7 Å². The van der Waals surface area contributed by atoms with E-state index in [1.807, 2.05) is 13.8 Å². The number of methoxy groups -OCH3 is 1. The number of ether oxygens (including phenoxy) is 2. The minimum Gasteiger partial charge on any atom is -0.493 e. The molecule has 7 nitrogen and oxygen atoms in total. The van der Waals surface area contributed by atoms with E-state index in [4.69, 9.17) is 25.5 Å². The van der Waals surface area contributed by atoms with Gasteiger partial charge in [-0.25, -0.2) is 0 Å². The molecule has 0 fully saturated rings. The number of furan rings is 1. The number of carbonyl (C=O) groups excluding carboxylic acids is 2. The number of likely N-dealkylation sites (N-methyl/N-ethyl adjacent to an activating group) is 1. The summed E-state index contributed by atoms with van der Waals surface area (Å²) in [6, 6.07) is 10.5. The van der Waals surface area contributed by atoms with Gasteiger partial charge in [0.2, 0.25) is 0 Å². The first-order valence-corrected chi connectivity index (χ1v) is 9.84. The van der Waals surface area contributed by atoms with E-state index in [9.17, 15) is 9.59 Å². The maximum atomic E-state index is 12.6. The third kappa shape index (κ3) is 4.86. The molecule has 0 aliphatic rings. The van der Waals surface area contributed by atoms with Crippen LogP contribution in [0.4, 0.5) is 0 Å². The van der Waals surface area contributed by atoms with Gasteiger partial charge in [-0.15, -0.1) is 0 Å². The topological polar surface area (TPSA) is 89.8 Å². The fraction of sp³-hybridized carbons (Fsp3) is 0.273. The number of rotatable bonds is 8. The summed E-state index contributed by atoms with van der Waals surface area (Å²) in [7, 11) is 1.51. The largest absolute Gasteiger partial charge is 0.493 e. The Morgan fingerprint density at radius 2 is 1.90 bits per heavy atom. The van der Waals surface area contributed by atoms with Gasteiger partial charge in [-0.2, -0.15) is 0 Å². The lowest BCUT2D eigenvalue weighted by atomic mass is 10.1. The molecule has 0 atom stereocenters. The molecule has 30 heavy (non-hydrogen) atoms. The van der Waals surface area contributed by atoms with Crippen molar-refractivity contribution in [2.24, 2.45) is 0 Å². The van der Waals surface area contributed by atoms with E-state index in [0.717, 1.165) is 16.5 Å². The van der Waals surface area contributed by atoms with E-state index < -0.39 is 0 Å². The first-order valence-electron chi connectivity index (χ1n) is 9.46. The van der Waals surface area contributed by atoms with Crippen molar-refractivity contribution in [1.29, 1.82) is 0 Å². The van der Waals surface area contributed by atoms with Crippen LogP contribution in [0.1, 0.15) is 28.6 Å². The minimum atomic E-state index is -0.324. The molecule has 2 N–H and O–H groups in total. The number of carbonyl (C=O) groups is 2. The molecule has 2 aromatic carbocycles.